The van der Waals surface area contributed by atoms with E-state index in [-0.39, 0.29) is 18.7 Å². The summed E-state index contributed by atoms with van der Waals surface area (Å²) in [5.41, 5.74) is 5.80. The fourth-order valence-electron chi connectivity index (χ4n) is 3.60. The summed E-state index contributed by atoms with van der Waals surface area (Å²) in [7, 11) is 0. The molecule has 4 aromatic rings. The monoisotopic (exact) mass is 430 g/mol. The van der Waals surface area contributed by atoms with Crippen molar-refractivity contribution in [1.29, 1.82) is 0 Å². The van der Waals surface area contributed by atoms with Crippen LogP contribution < -0.4 is 10.6 Å². The molecule has 7 heteroatoms. The molecule has 0 aliphatic heterocycles. The van der Waals surface area contributed by atoms with E-state index < -0.39 is 0 Å². The lowest BCUT2D eigenvalue weighted by atomic mass is 10.1. The largest absolute Gasteiger partial charge is 0.394 e. The first-order chi connectivity index (χ1) is 15.6. The van der Waals surface area contributed by atoms with Crippen LogP contribution in [0.1, 0.15) is 38.8 Å². The summed E-state index contributed by atoms with van der Waals surface area (Å²) in [5.74, 6) is 0.730. The molecule has 0 aliphatic carbocycles. The van der Waals surface area contributed by atoms with Crippen LogP contribution in [0.5, 0.6) is 0 Å². The van der Waals surface area contributed by atoms with Crippen molar-refractivity contribution in [3.05, 3.63) is 66.6 Å². The van der Waals surface area contributed by atoms with Gasteiger partial charge < -0.3 is 20.3 Å². The van der Waals surface area contributed by atoms with Crippen LogP contribution in [0, 0.1) is 0 Å². The van der Waals surface area contributed by atoms with E-state index in [4.69, 9.17) is 4.98 Å². The number of nitrogens with zero attached hydrogens (tertiary/aromatic N) is 4. The third-order valence-corrected chi connectivity index (χ3v) is 5.55. The molecule has 0 aliphatic rings. The first-order valence-corrected chi connectivity index (χ1v) is 11.1. The van der Waals surface area contributed by atoms with Crippen LogP contribution in [0.4, 0.5) is 11.5 Å². The second-order valence-electron chi connectivity index (χ2n) is 8.17. The van der Waals surface area contributed by atoms with Gasteiger partial charge in [-0.05, 0) is 38.0 Å². The van der Waals surface area contributed by atoms with Crippen molar-refractivity contribution in [3.63, 3.8) is 0 Å². The number of fused-ring (bicyclic) bond motifs is 1. The molecule has 1 aromatic carbocycles. The Labute approximate surface area is 188 Å². The number of benzene rings is 1. The molecular formula is C25H30N6O. The Morgan fingerprint density at radius 3 is 2.53 bits per heavy atom. The lowest BCUT2D eigenvalue weighted by Gasteiger charge is -2.17. The molecule has 0 amide bonds. The van der Waals surface area contributed by atoms with E-state index in [0.29, 0.717) is 6.54 Å². The number of rotatable bonds is 9. The normalized spacial score (nSPS) is 12.3. The fourth-order valence-corrected chi connectivity index (χ4v) is 3.60. The molecular weight excluding hydrogens is 400 g/mol. The molecule has 0 fully saturated rings. The highest BCUT2D eigenvalue weighted by Crippen LogP contribution is 2.27. The average molecular weight is 431 g/mol. The van der Waals surface area contributed by atoms with E-state index in [1.165, 1.54) is 0 Å². The summed E-state index contributed by atoms with van der Waals surface area (Å²) >= 11 is 0. The average Bonchev–Trinajstić information content (AvgIpc) is 3.26. The molecule has 1 atom stereocenters. The number of hydrogen-bond acceptors (Lipinski definition) is 6. The van der Waals surface area contributed by atoms with Gasteiger partial charge in [0, 0.05) is 30.4 Å². The highest BCUT2D eigenvalue weighted by Gasteiger charge is 2.15. The minimum absolute atomic E-state index is 0.0395. The van der Waals surface area contributed by atoms with Crippen molar-refractivity contribution in [2.45, 2.75) is 45.8 Å². The van der Waals surface area contributed by atoms with Crippen LogP contribution in [-0.4, -0.2) is 37.3 Å². The van der Waals surface area contributed by atoms with Gasteiger partial charge in [0.15, 0.2) is 5.65 Å². The fraction of sp³-hybridized carbons (Fsp3) is 0.320. The SMILES string of the molecule is CC[C@@H](CO)Nc1cc(NCc2ccc(-c3ccccn3)cc2)c2ncn(C(C)C)c2n1. The molecule has 3 N–H and O–H groups in total. The number of anilines is 2. The van der Waals surface area contributed by atoms with Gasteiger partial charge in [-0.15, -0.1) is 0 Å². The molecule has 3 heterocycles. The number of nitrogens with one attached hydrogen (secondary N) is 2. The molecule has 0 spiro atoms. The zero-order valence-electron chi connectivity index (χ0n) is 18.8. The maximum Gasteiger partial charge on any atom is 0.164 e. The Kier molecular flexibility index (Phi) is 6.66. The van der Waals surface area contributed by atoms with E-state index in [2.05, 4.69) is 63.3 Å². The Bertz CT molecular complexity index is 1150. The van der Waals surface area contributed by atoms with E-state index in [0.717, 1.165) is 45.9 Å². The quantitative estimate of drug-likeness (QED) is 0.351. The van der Waals surface area contributed by atoms with Gasteiger partial charge in [0.1, 0.15) is 11.3 Å². The summed E-state index contributed by atoms with van der Waals surface area (Å²) in [6, 6.07) is 16.5. The summed E-state index contributed by atoms with van der Waals surface area (Å²) in [5, 5.41) is 16.5. The summed E-state index contributed by atoms with van der Waals surface area (Å²) in [6.45, 7) is 6.99. The third-order valence-electron chi connectivity index (χ3n) is 5.55. The van der Waals surface area contributed by atoms with Gasteiger partial charge in [-0.1, -0.05) is 37.3 Å². The van der Waals surface area contributed by atoms with Crippen LogP contribution >= 0.6 is 0 Å². The molecule has 4 rings (SSSR count). The standard InChI is InChI=1S/C25H30N6O/c1-4-20(15-32)29-23-13-22(24-25(30-23)31(16-28-24)17(2)3)27-14-18-8-10-19(11-9-18)21-7-5-6-12-26-21/h5-13,16-17,20,32H,4,14-15H2,1-3H3,(H2,27,29,30)/t20-/m0/s1. The topological polar surface area (TPSA) is 87.9 Å². The number of hydrogen-bond donors (Lipinski definition) is 3. The summed E-state index contributed by atoms with van der Waals surface area (Å²) in [4.78, 5) is 13.8. The van der Waals surface area contributed by atoms with Crippen molar-refractivity contribution in [1.82, 2.24) is 19.5 Å². The van der Waals surface area contributed by atoms with Gasteiger partial charge in [-0.2, -0.15) is 0 Å². The van der Waals surface area contributed by atoms with Crippen molar-refractivity contribution in [2.24, 2.45) is 0 Å². The minimum Gasteiger partial charge on any atom is -0.394 e. The maximum absolute atomic E-state index is 9.60. The second-order valence-corrected chi connectivity index (χ2v) is 8.17. The number of imidazole rings is 1. The van der Waals surface area contributed by atoms with E-state index >= 15 is 0 Å². The van der Waals surface area contributed by atoms with Crippen molar-refractivity contribution >= 4 is 22.7 Å². The van der Waals surface area contributed by atoms with Gasteiger partial charge in [-0.3, -0.25) is 4.98 Å². The first kappa shape index (κ1) is 21.8. The molecule has 0 radical (unpaired) electrons. The van der Waals surface area contributed by atoms with Crippen LogP contribution in [0.2, 0.25) is 0 Å². The second kappa shape index (κ2) is 9.78. The Morgan fingerprint density at radius 1 is 1.06 bits per heavy atom. The van der Waals surface area contributed by atoms with Crippen LogP contribution in [0.25, 0.3) is 22.4 Å². The molecule has 0 unspecified atom stereocenters. The molecule has 166 valence electrons. The Morgan fingerprint density at radius 2 is 1.88 bits per heavy atom. The molecule has 32 heavy (non-hydrogen) atoms. The number of aliphatic hydroxyl groups is 1. The first-order valence-electron chi connectivity index (χ1n) is 11.1. The smallest absolute Gasteiger partial charge is 0.164 e. The highest BCUT2D eigenvalue weighted by molar-refractivity contribution is 5.88. The van der Waals surface area contributed by atoms with Crippen LogP contribution in [-0.2, 0) is 6.54 Å². The van der Waals surface area contributed by atoms with E-state index in [1.807, 2.05) is 37.5 Å². The van der Waals surface area contributed by atoms with Gasteiger partial charge in [0.25, 0.3) is 0 Å². The molecule has 0 bridgehead atoms. The van der Waals surface area contributed by atoms with Gasteiger partial charge >= 0.3 is 0 Å². The number of pyridine rings is 2. The van der Waals surface area contributed by atoms with Crippen molar-refractivity contribution in [2.75, 3.05) is 17.2 Å². The number of aromatic nitrogens is 4. The van der Waals surface area contributed by atoms with Crippen molar-refractivity contribution in [3.8, 4) is 11.3 Å². The molecule has 3 aromatic heterocycles. The third kappa shape index (κ3) is 4.73. The van der Waals surface area contributed by atoms with Crippen LogP contribution in [0.15, 0.2) is 61.1 Å². The zero-order valence-corrected chi connectivity index (χ0v) is 18.8. The van der Waals surface area contributed by atoms with Crippen LogP contribution in [0.3, 0.4) is 0 Å². The summed E-state index contributed by atoms with van der Waals surface area (Å²) in [6.07, 6.45) is 4.45. The van der Waals surface area contributed by atoms with Gasteiger partial charge in [0.2, 0.25) is 0 Å². The molecule has 0 saturated heterocycles. The van der Waals surface area contributed by atoms with Crippen molar-refractivity contribution < 1.29 is 5.11 Å². The lowest BCUT2D eigenvalue weighted by Crippen LogP contribution is -2.23. The minimum atomic E-state index is -0.0395. The predicted molar refractivity (Wildman–Crippen MR) is 130 cm³/mol. The summed E-state index contributed by atoms with van der Waals surface area (Å²) < 4.78 is 2.06. The maximum atomic E-state index is 9.60. The van der Waals surface area contributed by atoms with E-state index in [9.17, 15) is 5.11 Å². The Balaban J connectivity index is 1.58. The molecule has 7 nitrogen and oxygen atoms in total. The Hall–Kier alpha value is -3.45. The van der Waals surface area contributed by atoms with Gasteiger partial charge in [-0.25, -0.2) is 9.97 Å². The predicted octanol–water partition coefficient (Wildman–Crippen LogP) is 4.87. The molecule has 0 saturated carbocycles. The zero-order chi connectivity index (χ0) is 22.5. The van der Waals surface area contributed by atoms with E-state index in [1.54, 1.807) is 6.20 Å². The highest BCUT2D eigenvalue weighted by atomic mass is 16.3. The lowest BCUT2D eigenvalue weighted by molar-refractivity contribution is 0.271. The van der Waals surface area contributed by atoms with Gasteiger partial charge in [0.05, 0.1) is 30.4 Å². The number of aliphatic hydroxyl groups excluding tert-OH is 1.